The molecule has 0 saturated carbocycles. The van der Waals surface area contributed by atoms with Gasteiger partial charge in [0.15, 0.2) is 5.56 Å². The standard InChI is InChI=1S/C28H20N4O4S3/c29-15-20-25(33)24-21(16-37-27(24)32-26(20)34)18-10-8-17(9-11-18)19-5-1-2-6-22(19)36-28(35)31-13-14-38-39-23-7-3-4-12-30-23/h1-12,16H,13-14H2,(H,31,35)(H2,32,33,34). The van der Waals surface area contributed by atoms with Crippen LogP contribution < -0.4 is 15.6 Å². The van der Waals surface area contributed by atoms with E-state index in [2.05, 4.69) is 15.3 Å². The van der Waals surface area contributed by atoms with Crippen LogP contribution in [0.3, 0.4) is 0 Å². The van der Waals surface area contributed by atoms with E-state index in [1.54, 1.807) is 46.0 Å². The molecular weight excluding hydrogens is 553 g/mol. The molecule has 0 aliphatic rings. The molecule has 0 aliphatic heterocycles. The van der Waals surface area contributed by atoms with Gasteiger partial charge in [0.05, 0.1) is 5.39 Å². The number of aromatic amines is 1. The molecule has 3 N–H and O–H groups in total. The van der Waals surface area contributed by atoms with E-state index in [-0.39, 0.29) is 11.3 Å². The minimum atomic E-state index is -0.617. The topological polar surface area (TPSA) is 128 Å². The van der Waals surface area contributed by atoms with Crippen molar-refractivity contribution < 1.29 is 14.6 Å². The third kappa shape index (κ3) is 5.93. The average molecular weight is 573 g/mol. The van der Waals surface area contributed by atoms with Crippen LogP contribution in [0.5, 0.6) is 11.5 Å². The third-order valence-corrected chi connectivity index (χ3v) is 8.83. The number of nitrogens with zero attached hydrogens (tertiary/aromatic N) is 2. The lowest BCUT2D eigenvalue weighted by Gasteiger charge is -2.12. The van der Waals surface area contributed by atoms with Crippen molar-refractivity contribution >= 4 is 49.2 Å². The number of rotatable bonds is 8. The van der Waals surface area contributed by atoms with Crippen LogP contribution in [-0.2, 0) is 0 Å². The number of pyridine rings is 2. The molecule has 8 nitrogen and oxygen atoms in total. The second-order valence-corrected chi connectivity index (χ2v) is 11.4. The van der Waals surface area contributed by atoms with Crippen molar-refractivity contribution in [3.05, 3.63) is 94.2 Å². The first-order valence-electron chi connectivity index (χ1n) is 11.7. The highest BCUT2D eigenvalue weighted by atomic mass is 33.1. The summed E-state index contributed by atoms with van der Waals surface area (Å²) in [5.74, 6) is 0.791. The van der Waals surface area contributed by atoms with Crippen LogP contribution in [0.1, 0.15) is 5.56 Å². The van der Waals surface area contributed by atoms with E-state index in [4.69, 9.17) is 4.74 Å². The van der Waals surface area contributed by atoms with Crippen LogP contribution in [0, 0.1) is 11.3 Å². The van der Waals surface area contributed by atoms with Crippen LogP contribution in [0.25, 0.3) is 32.5 Å². The fourth-order valence-electron chi connectivity index (χ4n) is 3.85. The molecule has 0 aliphatic carbocycles. The fraction of sp³-hybridized carbons (Fsp3) is 0.0714. The summed E-state index contributed by atoms with van der Waals surface area (Å²) in [5.41, 5.74) is 2.15. The highest BCUT2D eigenvalue weighted by molar-refractivity contribution is 8.76. The molecule has 11 heteroatoms. The van der Waals surface area contributed by atoms with Crippen molar-refractivity contribution in [2.45, 2.75) is 5.03 Å². The number of aromatic nitrogens is 2. The zero-order valence-electron chi connectivity index (χ0n) is 20.2. The van der Waals surface area contributed by atoms with E-state index >= 15 is 0 Å². The molecule has 0 radical (unpaired) electrons. The molecule has 5 aromatic rings. The first-order chi connectivity index (χ1) is 19.0. The lowest BCUT2D eigenvalue weighted by atomic mass is 9.99. The van der Waals surface area contributed by atoms with Gasteiger partial charge in [0.1, 0.15) is 27.4 Å². The van der Waals surface area contributed by atoms with Crippen LogP contribution in [0.4, 0.5) is 4.79 Å². The number of aromatic hydroxyl groups is 1. The number of amides is 1. The van der Waals surface area contributed by atoms with Crippen molar-refractivity contribution in [2.75, 3.05) is 12.3 Å². The van der Waals surface area contributed by atoms with Crippen LogP contribution in [0.15, 0.2) is 88.1 Å². The van der Waals surface area contributed by atoms with Crippen molar-refractivity contribution in [2.24, 2.45) is 0 Å². The van der Waals surface area contributed by atoms with Crippen LogP contribution in [0.2, 0.25) is 0 Å². The van der Waals surface area contributed by atoms with Crippen molar-refractivity contribution in [1.82, 2.24) is 15.3 Å². The van der Waals surface area contributed by atoms with Crippen molar-refractivity contribution in [3.8, 4) is 39.8 Å². The van der Waals surface area contributed by atoms with Gasteiger partial charge in [-0.2, -0.15) is 5.26 Å². The maximum absolute atomic E-state index is 12.4. The summed E-state index contributed by atoms with van der Waals surface area (Å²) >= 11 is 1.28. The van der Waals surface area contributed by atoms with Gasteiger partial charge in [-0.3, -0.25) is 4.79 Å². The number of ether oxygens (including phenoxy) is 1. The number of carbonyl (C=O) groups excluding carboxylic acids is 1. The summed E-state index contributed by atoms with van der Waals surface area (Å²) in [6.07, 6.45) is 1.21. The number of nitriles is 1. The normalized spacial score (nSPS) is 10.7. The Morgan fingerprint density at radius 1 is 1.08 bits per heavy atom. The number of para-hydroxylation sites is 1. The van der Waals surface area contributed by atoms with E-state index < -0.39 is 11.7 Å². The number of benzene rings is 2. The summed E-state index contributed by atoms with van der Waals surface area (Å²) in [5, 5.41) is 25.8. The smallest absolute Gasteiger partial charge is 0.412 e. The Bertz CT molecular complexity index is 1730. The van der Waals surface area contributed by atoms with Gasteiger partial charge in [-0.15, -0.1) is 11.3 Å². The Balaban J connectivity index is 1.27. The number of carbonyl (C=O) groups is 1. The summed E-state index contributed by atoms with van der Waals surface area (Å²) in [4.78, 5) is 31.8. The zero-order chi connectivity index (χ0) is 27.2. The second-order valence-electron chi connectivity index (χ2n) is 8.11. The molecule has 39 heavy (non-hydrogen) atoms. The monoisotopic (exact) mass is 572 g/mol. The third-order valence-electron chi connectivity index (χ3n) is 5.66. The molecule has 194 valence electrons. The summed E-state index contributed by atoms with van der Waals surface area (Å²) in [7, 11) is 3.14. The average Bonchev–Trinajstić information content (AvgIpc) is 3.38. The molecule has 2 aromatic carbocycles. The molecule has 3 aromatic heterocycles. The van der Waals surface area contributed by atoms with Gasteiger partial charge in [0, 0.05) is 35.0 Å². The van der Waals surface area contributed by atoms with Crippen LogP contribution >= 0.6 is 32.9 Å². The minimum absolute atomic E-state index is 0.311. The van der Waals surface area contributed by atoms with E-state index in [1.807, 2.05) is 60.0 Å². The highest BCUT2D eigenvalue weighted by Gasteiger charge is 2.18. The Hall–Kier alpha value is -4.24. The second kappa shape index (κ2) is 12.1. The van der Waals surface area contributed by atoms with E-state index in [0.717, 1.165) is 21.7 Å². The molecule has 0 fully saturated rings. The molecule has 0 unspecified atom stereocenters. The molecule has 0 saturated heterocycles. The van der Waals surface area contributed by atoms with Crippen molar-refractivity contribution in [3.63, 3.8) is 0 Å². The van der Waals surface area contributed by atoms with Crippen molar-refractivity contribution in [1.29, 1.82) is 5.26 Å². The maximum atomic E-state index is 12.4. The quantitative estimate of drug-likeness (QED) is 0.143. The largest absolute Gasteiger partial charge is 0.506 e. The first-order valence-corrected chi connectivity index (χ1v) is 14.9. The predicted molar refractivity (Wildman–Crippen MR) is 156 cm³/mol. The molecular formula is C28H20N4O4S3. The maximum Gasteiger partial charge on any atom is 0.412 e. The first kappa shape index (κ1) is 26.4. The van der Waals surface area contributed by atoms with Gasteiger partial charge < -0.3 is 20.1 Å². The zero-order valence-corrected chi connectivity index (χ0v) is 22.7. The van der Waals surface area contributed by atoms with Crippen LogP contribution in [-0.4, -0.2) is 33.5 Å². The number of fused-ring (bicyclic) bond motifs is 1. The lowest BCUT2D eigenvalue weighted by Crippen LogP contribution is -2.28. The summed E-state index contributed by atoms with van der Waals surface area (Å²) in [6, 6.07) is 22.3. The van der Waals surface area contributed by atoms with Gasteiger partial charge in [0.25, 0.3) is 5.56 Å². The molecule has 3 heterocycles. The molecule has 1 amide bonds. The Morgan fingerprint density at radius 3 is 2.56 bits per heavy atom. The van der Waals surface area contributed by atoms with E-state index in [9.17, 15) is 20.0 Å². The SMILES string of the molecule is N#Cc1c(O)c2c(-c3ccc(-c4ccccc4OC(=O)NCCSSc4ccccn4)cc3)csc2[nH]c1=O. The Morgan fingerprint density at radius 2 is 1.82 bits per heavy atom. The lowest BCUT2D eigenvalue weighted by molar-refractivity contribution is 0.201. The Labute approximate surface area is 235 Å². The number of nitrogens with one attached hydrogen (secondary N) is 2. The van der Waals surface area contributed by atoms with Gasteiger partial charge in [-0.25, -0.2) is 9.78 Å². The molecule has 0 atom stereocenters. The number of hydrogen-bond donors (Lipinski definition) is 3. The number of hydrogen-bond acceptors (Lipinski definition) is 9. The minimum Gasteiger partial charge on any atom is -0.506 e. The number of thiophene rings is 1. The molecule has 0 bridgehead atoms. The summed E-state index contributed by atoms with van der Waals surface area (Å²) < 4.78 is 5.60. The summed E-state index contributed by atoms with van der Waals surface area (Å²) in [6.45, 7) is 0.445. The van der Waals surface area contributed by atoms with E-state index in [0.29, 0.717) is 33.8 Å². The number of H-pyrrole nitrogens is 1. The van der Waals surface area contributed by atoms with Gasteiger partial charge in [-0.05, 0) is 40.1 Å². The molecule has 0 spiro atoms. The van der Waals surface area contributed by atoms with Gasteiger partial charge >= 0.3 is 6.09 Å². The fourth-order valence-corrected chi connectivity index (χ4v) is 6.60. The van der Waals surface area contributed by atoms with Gasteiger partial charge in [-0.1, -0.05) is 59.3 Å². The molecule has 5 rings (SSSR count). The van der Waals surface area contributed by atoms with Gasteiger partial charge in [0.2, 0.25) is 0 Å². The van der Waals surface area contributed by atoms with E-state index in [1.165, 1.54) is 11.3 Å². The Kier molecular flexibility index (Phi) is 8.17. The predicted octanol–water partition coefficient (Wildman–Crippen LogP) is 6.42. The highest BCUT2D eigenvalue weighted by Crippen LogP contribution is 2.40.